The highest BCUT2D eigenvalue weighted by Crippen LogP contribution is 2.24. The fourth-order valence-electron chi connectivity index (χ4n) is 1.19. The number of para-hydroxylation sites is 1. The highest BCUT2D eigenvalue weighted by molar-refractivity contribution is 6.33. The maximum atomic E-state index is 5.68. The van der Waals surface area contributed by atoms with Gasteiger partial charge in [0.1, 0.15) is 0 Å². The van der Waals surface area contributed by atoms with Crippen LogP contribution in [0.1, 0.15) is 5.56 Å². The summed E-state index contributed by atoms with van der Waals surface area (Å²) in [6.07, 6.45) is 0. The maximum absolute atomic E-state index is 5.68. The monoisotopic (exact) mass is 283 g/mol. The molecule has 0 atom stereocenters. The predicted molar refractivity (Wildman–Crippen MR) is 80.9 cm³/mol. The van der Waals surface area contributed by atoms with Gasteiger partial charge in [-0.25, -0.2) is 0 Å². The van der Waals surface area contributed by atoms with Crippen molar-refractivity contribution in [2.45, 2.75) is 6.92 Å². The average molecular weight is 284 g/mol. The van der Waals surface area contributed by atoms with Gasteiger partial charge in [-0.05, 0) is 36.8 Å². The highest BCUT2D eigenvalue weighted by atomic mass is 35.5. The van der Waals surface area contributed by atoms with Crippen LogP contribution in [0, 0.1) is 6.92 Å². The molecule has 5 heteroatoms. The third-order valence-corrected chi connectivity index (χ3v) is 2.96. The minimum Gasteiger partial charge on any atom is -0.398 e. The molecule has 0 spiro atoms. The van der Waals surface area contributed by atoms with Gasteiger partial charge in [-0.3, -0.25) is 0 Å². The normalized spacial score (nSPS) is 9.50. The van der Waals surface area contributed by atoms with Gasteiger partial charge in [-0.15, -0.1) is 0 Å². The van der Waals surface area contributed by atoms with E-state index in [4.69, 9.17) is 40.4 Å². The predicted octanol–water partition coefficient (Wildman–Crippen LogP) is 3.74. The third-order valence-electron chi connectivity index (χ3n) is 2.29. The van der Waals surface area contributed by atoms with Crippen LogP contribution in [0.3, 0.4) is 0 Å². The van der Waals surface area contributed by atoms with Crippen molar-refractivity contribution in [2.75, 3.05) is 17.2 Å². The van der Waals surface area contributed by atoms with Gasteiger partial charge in [0.25, 0.3) is 0 Å². The van der Waals surface area contributed by atoms with Crippen molar-refractivity contribution in [2.24, 2.45) is 0 Å². The molecule has 96 valence electrons. The Labute approximate surface area is 116 Å². The van der Waals surface area contributed by atoms with Crippen molar-refractivity contribution >= 4 is 40.3 Å². The van der Waals surface area contributed by atoms with Gasteiger partial charge in [-0.2, -0.15) is 0 Å². The summed E-state index contributed by atoms with van der Waals surface area (Å²) in [5.74, 6) is 0. The number of rotatable bonds is 0. The fourth-order valence-corrected chi connectivity index (χ4v) is 1.50. The lowest BCUT2D eigenvalue weighted by atomic mass is 10.2. The van der Waals surface area contributed by atoms with Crippen molar-refractivity contribution in [1.29, 1.82) is 0 Å². The van der Waals surface area contributed by atoms with Crippen molar-refractivity contribution in [3.63, 3.8) is 0 Å². The van der Waals surface area contributed by atoms with Crippen LogP contribution in [0.25, 0.3) is 0 Å². The molecule has 0 aliphatic rings. The number of nitrogens with two attached hydrogens (primary N) is 3. The van der Waals surface area contributed by atoms with Crippen LogP contribution >= 0.6 is 23.2 Å². The highest BCUT2D eigenvalue weighted by Gasteiger charge is 1.98. The van der Waals surface area contributed by atoms with Crippen LogP contribution in [-0.4, -0.2) is 0 Å². The standard InChI is InChI=1S/C7H9ClN2.C6H6ClN/c1-4-2-7(10)5(8)3-6(4)9;7-5-3-1-2-4-6(5)8/h2-3H,9-10H2,1H3;1-4H,8H2. The fraction of sp³-hybridized carbons (Fsp3) is 0.0769. The van der Waals surface area contributed by atoms with Crippen LogP contribution in [-0.2, 0) is 0 Å². The Morgan fingerprint density at radius 3 is 1.83 bits per heavy atom. The molecule has 2 rings (SSSR count). The molecular weight excluding hydrogens is 269 g/mol. The Morgan fingerprint density at radius 1 is 0.778 bits per heavy atom. The summed E-state index contributed by atoms with van der Waals surface area (Å²) >= 11 is 11.3. The zero-order chi connectivity index (χ0) is 13.7. The van der Waals surface area contributed by atoms with Gasteiger partial charge in [-0.1, -0.05) is 35.3 Å². The van der Waals surface area contributed by atoms with Crippen molar-refractivity contribution < 1.29 is 0 Å². The molecule has 2 aromatic carbocycles. The average Bonchev–Trinajstić information content (AvgIpc) is 2.31. The van der Waals surface area contributed by atoms with E-state index in [-0.39, 0.29) is 0 Å². The summed E-state index contributed by atoms with van der Waals surface area (Å²) in [5.41, 5.74) is 19.3. The van der Waals surface area contributed by atoms with E-state index in [0.29, 0.717) is 27.1 Å². The van der Waals surface area contributed by atoms with E-state index in [1.54, 1.807) is 24.3 Å². The summed E-state index contributed by atoms with van der Waals surface area (Å²) in [7, 11) is 0. The molecule has 3 nitrogen and oxygen atoms in total. The summed E-state index contributed by atoms with van der Waals surface area (Å²) in [6.45, 7) is 1.89. The summed E-state index contributed by atoms with van der Waals surface area (Å²) < 4.78 is 0. The smallest absolute Gasteiger partial charge is 0.0656 e. The summed E-state index contributed by atoms with van der Waals surface area (Å²) in [6, 6.07) is 10.6. The molecule has 0 saturated carbocycles. The van der Waals surface area contributed by atoms with Gasteiger partial charge in [0.05, 0.1) is 21.4 Å². The second-order valence-electron chi connectivity index (χ2n) is 3.75. The lowest BCUT2D eigenvalue weighted by Gasteiger charge is -2.02. The first-order valence-electron chi connectivity index (χ1n) is 5.23. The number of aryl methyl sites for hydroxylation is 1. The van der Waals surface area contributed by atoms with Gasteiger partial charge in [0.15, 0.2) is 0 Å². The third kappa shape index (κ3) is 4.02. The number of hydrogen-bond donors (Lipinski definition) is 3. The summed E-state index contributed by atoms with van der Waals surface area (Å²) in [5, 5.41) is 1.13. The quantitative estimate of drug-likeness (QED) is 0.645. The van der Waals surface area contributed by atoms with Crippen molar-refractivity contribution in [3.05, 3.63) is 52.0 Å². The Morgan fingerprint density at radius 2 is 1.39 bits per heavy atom. The molecule has 0 aliphatic heterocycles. The number of nitrogen functional groups attached to an aromatic ring is 3. The van der Waals surface area contributed by atoms with E-state index in [1.807, 2.05) is 19.1 Å². The molecule has 2 aromatic rings. The number of halogens is 2. The van der Waals surface area contributed by atoms with E-state index in [1.165, 1.54) is 0 Å². The van der Waals surface area contributed by atoms with Crippen LogP contribution in [0.4, 0.5) is 17.1 Å². The van der Waals surface area contributed by atoms with E-state index < -0.39 is 0 Å². The van der Waals surface area contributed by atoms with Crippen LogP contribution in [0.5, 0.6) is 0 Å². The Hall–Kier alpha value is -1.58. The Kier molecular flexibility index (Phi) is 5.13. The molecule has 0 radical (unpaired) electrons. The minimum absolute atomic E-state index is 0.517. The lowest BCUT2D eigenvalue weighted by Crippen LogP contribution is -1.93. The first-order valence-corrected chi connectivity index (χ1v) is 5.98. The van der Waals surface area contributed by atoms with E-state index in [0.717, 1.165) is 5.56 Å². The molecular formula is C13H15Cl2N3. The van der Waals surface area contributed by atoms with Crippen LogP contribution < -0.4 is 17.2 Å². The lowest BCUT2D eigenvalue weighted by molar-refractivity contribution is 1.47. The van der Waals surface area contributed by atoms with Gasteiger partial charge in [0, 0.05) is 5.69 Å². The molecule has 0 bridgehead atoms. The van der Waals surface area contributed by atoms with Crippen molar-refractivity contribution in [1.82, 2.24) is 0 Å². The second-order valence-corrected chi connectivity index (χ2v) is 4.57. The van der Waals surface area contributed by atoms with Gasteiger partial charge in [0.2, 0.25) is 0 Å². The molecule has 0 saturated heterocycles. The minimum atomic E-state index is 0.517. The van der Waals surface area contributed by atoms with Crippen molar-refractivity contribution in [3.8, 4) is 0 Å². The second kappa shape index (κ2) is 6.38. The topological polar surface area (TPSA) is 78.1 Å². The zero-order valence-corrected chi connectivity index (χ0v) is 11.5. The molecule has 0 aromatic heterocycles. The number of benzene rings is 2. The molecule has 0 aliphatic carbocycles. The summed E-state index contributed by atoms with van der Waals surface area (Å²) in [4.78, 5) is 0. The van der Waals surface area contributed by atoms with Crippen LogP contribution in [0.15, 0.2) is 36.4 Å². The SMILES string of the molecule is Cc1cc(N)c(Cl)cc1N.Nc1ccccc1Cl. The molecule has 0 heterocycles. The molecule has 0 unspecified atom stereocenters. The zero-order valence-electron chi connectivity index (χ0n) is 9.95. The number of hydrogen-bond acceptors (Lipinski definition) is 3. The van der Waals surface area contributed by atoms with Gasteiger partial charge >= 0.3 is 0 Å². The molecule has 18 heavy (non-hydrogen) atoms. The van der Waals surface area contributed by atoms with E-state index >= 15 is 0 Å². The molecule has 0 fully saturated rings. The van der Waals surface area contributed by atoms with E-state index in [9.17, 15) is 0 Å². The largest absolute Gasteiger partial charge is 0.398 e. The Bertz CT molecular complexity index is 471. The first kappa shape index (κ1) is 14.5. The molecule has 0 amide bonds. The van der Waals surface area contributed by atoms with Crippen LogP contribution in [0.2, 0.25) is 10.0 Å². The number of anilines is 3. The van der Waals surface area contributed by atoms with Gasteiger partial charge < -0.3 is 17.2 Å². The van der Waals surface area contributed by atoms with E-state index in [2.05, 4.69) is 0 Å². The molecule has 6 N–H and O–H groups in total. The first-order chi connectivity index (χ1) is 8.41. The maximum Gasteiger partial charge on any atom is 0.0656 e. The Balaban J connectivity index is 0.000000184.